The highest BCUT2D eigenvalue weighted by Gasteiger charge is 2.12. The van der Waals surface area contributed by atoms with Gasteiger partial charge in [-0.25, -0.2) is 0 Å². The molecule has 4 rings (SSSR count). The number of hydrogen-bond acceptors (Lipinski definition) is 2. The monoisotopic (exact) mass is 407 g/mol. The summed E-state index contributed by atoms with van der Waals surface area (Å²) in [6, 6.07) is 38.4. The lowest BCUT2D eigenvalue weighted by atomic mass is 9.98. The fraction of sp³-hybridized carbons (Fsp3) is 0.172. The van der Waals surface area contributed by atoms with Crippen LogP contribution in [0.4, 0.5) is 0 Å². The van der Waals surface area contributed by atoms with Crippen molar-refractivity contribution in [1.29, 1.82) is 0 Å². The molecule has 0 aliphatic rings. The van der Waals surface area contributed by atoms with Crippen molar-refractivity contribution >= 4 is 0 Å². The predicted molar refractivity (Wildman–Crippen MR) is 128 cm³/mol. The molecule has 1 N–H and O–H groups in total. The molecule has 0 radical (unpaired) electrons. The van der Waals surface area contributed by atoms with E-state index in [2.05, 4.69) is 103 Å². The molecule has 4 aromatic carbocycles. The summed E-state index contributed by atoms with van der Waals surface area (Å²) in [6.45, 7) is 3.53. The number of nitrogens with one attached hydrogen (secondary N) is 1. The van der Waals surface area contributed by atoms with Gasteiger partial charge < -0.3 is 10.1 Å². The Morgan fingerprint density at radius 3 is 1.94 bits per heavy atom. The van der Waals surface area contributed by atoms with E-state index < -0.39 is 0 Å². The van der Waals surface area contributed by atoms with Gasteiger partial charge in [0.05, 0.1) is 0 Å². The standard InChI is InChI=1S/C29H29NO/c1-23-12-14-24(15-13-23)20-29(27-10-6-3-7-11-27)30-21-25-16-18-28(19-17-25)31-22-26-8-4-2-5-9-26/h2-19,29-30H,20-22H2,1H3. The minimum Gasteiger partial charge on any atom is -0.489 e. The molecule has 0 spiro atoms. The number of hydrogen-bond donors (Lipinski definition) is 1. The van der Waals surface area contributed by atoms with Crippen LogP contribution in [0.2, 0.25) is 0 Å². The summed E-state index contributed by atoms with van der Waals surface area (Å²) < 4.78 is 5.91. The Labute approximate surface area is 185 Å². The van der Waals surface area contributed by atoms with Gasteiger partial charge in [0.2, 0.25) is 0 Å². The Morgan fingerprint density at radius 1 is 0.645 bits per heavy atom. The molecule has 0 amide bonds. The van der Waals surface area contributed by atoms with Crippen LogP contribution in [0.3, 0.4) is 0 Å². The van der Waals surface area contributed by atoms with Gasteiger partial charge in [-0.05, 0) is 47.7 Å². The van der Waals surface area contributed by atoms with E-state index in [1.54, 1.807) is 0 Å². The van der Waals surface area contributed by atoms with E-state index in [4.69, 9.17) is 4.74 Å². The van der Waals surface area contributed by atoms with Crippen LogP contribution in [0.5, 0.6) is 5.75 Å². The van der Waals surface area contributed by atoms with Gasteiger partial charge in [-0.1, -0.05) is 103 Å². The molecular formula is C29H29NO. The molecule has 0 bridgehead atoms. The van der Waals surface area contributed by atoms with Crippen molar-refractivity contribution in [2.45, 2.75) is 32.5 Å². The second-order valence-corrected chi connectivity index (χ2v) is 7.95. The topological polar surface area (TPSA) is 21.3 Å². The summed E-state index contributed by atoms with van der Waals surface area (Å²) in [5, 5.41) is 3.75. The van der Waals surface area contributed by atoms with Crippen LogP contribution in [-0.2, 0) is 19.6 Å². The second kappa shape index (κ2) is 10.6. The summed E-state index contributed by atoms with van der Waals surface area (Å²) in [5.74, 6) is 0.895. The fourth-order valence-corrected chi connectivity index (χ4v) is 3.64. The molecule has 4 aromatic rings. The highest BCUT2D eigenvalue weighted by atomic mass is 16.5. The molecule has 0 saturated heterocycles. The van der Waals surface area contributed by atoms with Gasteiger partial charge in [0, 0.05) is 12.6 Å². The van der Waals surface area contributed by atoms with Crippen molar-refractivity contribution in [1.82, 2.24) is 5.32 Å². The van der Waals surface area contributed by atoms with Gasteiger partial charge in [-0.15, -0.1) is 0 Å². The SMILES string of the molecule is Cc1ccc(CC(NCc2ccc(OCc3ccccc3)cc2)c2ccccc2)cc1. The third kappa shape index (κ3) is 6.31. The molecular weight excluding hydrogens is 378 g/mol. The van der Waals surface area contributed by atoms with E-state index in [1.165, 1.54) is 27.8 Å². The first-order chi connectivity index (χ1) is 15.3. The molecule has 2 nitrogen and oxygen atoms in total. The minimum atomic E-state index is 0.262. The van der Waals surface area contributed by atoms with Crippen LogP contribution < -0.4 is 10.1 Å². The largest absolute Gasteiger partial charge is 0.489 e. The van der Waals surface area contributed by atoms with Crippen molar-refractivity contribution in [3.8, 4) is 5.75 Å². The smallest absolute Gasteiger partial charge is 0.119 e. The van der Waals surface area contributed by atoms with Crippen molar-refractivity contribution in [2.75, 3.05) is 0 Å². The van der Waals surface area contributed by atoms with Gasteiger partial charge in [0.25, 0.3) is 0 Å². The van der Waals surface area contributed by atoms with Crippen molar-refractivity contribution < 1.29 is 4.74 Å². The van der Waals surface area contributed by atoms with E-state index in [9.17, 15) is 0 Å². The van der Waals surface area contributed by atoms with Crippen molar-refractivity contribution in [3.63, 3.8) is 0 Å². The van der Waals surface area contributed by atoms with Crippen LogP contribution in [0.25, 0.3) is 0 Å². The third-order valence-electron chi connectivity index (χ3n) is 5.49. The number of rotatable bonds is 9. The lowest BCUT2D eigenvalue weighted by Gasteiger charge is -2.20. The van der Waals surface area contributed by atoms with Crippen LogP contribution in [0.15, 0.2) is 109 Å². The molecule has 0 saturated carbocycles. The van der Waals surface area contributed by atoms with Gasteiger partial charge >= 0.3 is 0 Å². The number of ether oxygens (including phenoxy) is 1. The zero-order valence-corrected chi connectivity index (χ0v) is 18.0. The first-order valence-electron chi connectivity index (χ1n) is 10.9. The number of benzene rings is 4. The van der Waals surface area contributed by atoms with Gasteiger partial charge in [0.1, 0.15) is 12.4 Å². The fourth-order valence-electron chi connectivity index (χ4n) is 3.64. The van der Waals surface area contributed by atoms with E-state index in [0.29, 0.717) is 6.61 Å². The van der Waals surface area contributed by atoms with Crippen LogP contribution in [-0.4, -0.2) is 0 Å². The van der Waals surface area contributed by atoms with E-state index in [1.807, 2.05) is 18.2 Å². The summed E-state index contributed by atoms with van der Waals surface area (Å²) in [4.78, 5) is 0. The maximum atomic E-state index is 5.91. The third-order valence-corrected chi connectivity index (χ3v) is 5.49. The Kier molecular flexibility index (Phi) is 7.15. The van der Waals surface area contributed by atoms with Crippen molar-refractivity contribution in [3.05, 3.63) is 137 Å². The molecule has 0 aliphatic carbocycles. The summed E-state index contributed by atoms with van der Waals surface area (Å²) in [6.07, 6.45) is 0.961. The van der Waals surface area contributed by atoms with Crippen molar-refractivity contribution in [2.24, 2.45) is 0 Å². The predicted octanol–water partition coefficient (Wildman–Crippen LogP) is 6.65. The first-order valence-corrected chi connectivity index (χ1v) is 10.9. The molecule has 2 heteroatoms. The Bertz CT molecular complexity index is 1040. The number of aryl methyl sites for hydroxylation is 1. The summed E-state index contributed by atoms with van der Waals surface area (Å²) in [7, 11) is 0. The van der Waals surface area contributed by atoms with Gasteiger partial charge in [-0.3, -0.25) is 0 Å². The molecule has 156 valence electrons. The Balaban J connectivity index is 1.37. The maximum Gasteiger partial charge on any atom is 0.119 e. The maximum absolute atomic E-state index is 5.91. The lowest BCUT2D eigenvalue weighted by molar-refractivity contribution is 0.306. The molecule has 1 unspecified atom stereocenters. The van der Waals surface area contributed by atoms with Crippen LogP contribution >= 0.6 is 0 Å². The van der Waals surface area contributed by atoms with Gasteiger partial charge in [0.15, 0.2) is 0 Å². The lowest BCUT2D eigenvalue weighted by Crippen LogP contribution is -2.23. The zero-order chi connectivity index (χ0) is 21.3. The second-order valence-electron chi connectivity index (χ2n) is 7.95. The Morgan fingerprint density at radius 2 is 1.26 bits per heavy atom. The molecule has 0 aliphatic heterocycles. The summed E-state index contributed by atoms with van der Waals surface area (Å²) in [5.41, 5.74) is 6.37. The quantitative estimate of drug-likeness (QED) is 0.335. The van der Waals surface area contributed by atoms with E-state index in [-0.39, 0.29) is 6.04 Å². The van der Waals surface area contributed by atoms with Gasteiger partial charge in [-0.2, -0.15) is 0 Å². The van der Waals surface area contributed by atoms with E-state index in [0.717, 1.165) is 18.7 Å². The normalized spacial score (nSPS) is 11.8. The average molecular weight is 408 g/mol. The average Bonchev–Trinajstić information content (AvgIpc) is 2.83. The zero-order valence-electron chi connectivity index (χ0n) is 18.0. The molecule has 0 aromatic heterocycles. The summed E-state index contributed by atoms with van der Waals surface area (Å²) >= 11 is 0. The molecule has 1 atom stereocenters. The Hall–Kier alpha value is -3.36. The first kappa shape index (κ1) is 20.9. The molecule has 31 heavy (non-hydrogen) atoms. The highest BCUT2D eigenvalue weighted by Crippen LogP contribution is 2.20. The van der Waals surface area contributed by atoms with Crippen LogP contribution in [0, 0.1) is 6.92 Å². The highest BCUT2D eigenvalue weighted by molar-refractivity contribution is 5.29. The van der Waals surface area contributed by atoms with Crippen LogP contribution in [0.1, 0.15) is 33.9 Å². The minimum absolute atomic E-state index is 0.262. The van der Waals surface area contributed by atoms with E-state index >= 15 is 0 Å². The molecule has 0 heterocycles. The molecule has 0 fully saturated rings.